The Morgan fingerprint density at radius 2 is 1.94 bits per heavy atom. The third-order valence-electron chi connectivity index (χ3n) is 5.58. The van der Waals surface area contributed by atoms with Gasteiger partial charge in [0.05, 0.1) is 24.9 Å². The Kier molecular flexibility index (Phi) is 6.12. The van der Waals surface area contributed by atoms with Crippen molar-refractivity contribution in [2.75, 3.05) is 13.2 Å². The Hall–Kier alpha value is -2.70. The maximum absolute atomic E-state index is 13.2. The quantitative estimate of drug-likeness (QED) is 0.510. The molecule has 164 valence electrons. The van der Waals surface area contributed by atoms with Crippen molar-refractivity contribution < 1.29 is 28.5 Å². The van der Waals surface area contributed by atoms with Gasteiger partial charge in [-0.2, -0.15) is 0 Å². The van der Waals surface area contributed by atoms with E-state index in [9.17, 15) is 9.59 Å². The molecule has 0 aromatic heterocycles. The Balaban J connectivity index is 1.52. The molecule has 1 heterocycles. The summed E-state index contributed by atoms with van der Waals surface area (Å²) >= 11 is 0. The van der Waals surface area contributed by atoms with Crippen molar-refractivity contribution in [1.29, 1.82) is 0 Å². The van der Waals surface area contributed by atoms with Crippen LogP contribution in [0.5, 0.6) is 11.5 Å². The summed E-state index contributed by atoms with van der Waals surface area (Å²) in [6, 6.07) is 11.1. The van der Waals surface area contributed by atoms with Gasteiger partial charge in [-0.15, -0.1) is 0 Å². The molecular formula is C25H28O6. The summed E-state index contributed by atoms with van der Waals surface area (Å²) in [4.78, 5) is 25.7. The molecule has 0 bridgehead atoms. The predicted octanol–water partition coefficient (Wildman–Crippen LogP) is 4.25. The van der Waals surface area contributed by atoms with Crippen molar-refractivity contribution in [3.05, 3.63) is 58.7 Å². The lowest BCUT2D eigenvalue weighted by molar-refractivity contribution is -0.143. The van der Waals surface area contributed by atoms with Gasteiger partial charge in [0.15, 0.2) is 11.6 Å². The molecule has 2 aliphatic rings. The molecule has 6 nitrogen and oxygen atoms in total. The molecule has 0 amide bonds. The molecule has 6 heteroatoms. The molecule has 2 aromatic carbocycles. The fourth-order valence-electron chi connectivity index (χ4n) is 4.16. The highest BCUT2D eigenvalue weighted by Gasteiger charge is 2.33. The third kappa shape index (κ3) is 4.81. The third-order valence-corrected chi connectivity index (χ3v) is 5.58. The first-order valence-electron chi connectivity index (χ1n) is 10.8. The van der Waals surface area contributed by atoms with Gasteiger partial charge in [-0.1, -0.05) is 24.3 Å². The van der Waals surface area contributed by atoms with Crippen LogP contribution in [0.1, 0.15) is 60.7 Å². The lowest BCUT2D eigenvalue weighted by Crippen LogP contribution is -2.22. The number of aryl methyl sites for hydroxylation is 2. The number of carbonyl (C=O) groups excluding carboxylic acids is 2. The Morgan fingerprint density at radius 3 is 2.68 bits per heavy atom. The molecule has 0 radical (unpaired) electrons. The second-order valence-corrected chi connectivity index (χ2v) is 8.34. The number of esters is 1. The zero-order valence-electron chi connectivity index (χ0n) is 18.2. The van der Waals surface area contributed by atoms with E-state index < -0.39 is 5.79 Å². The first-order chi connectivity index (χ1) is 14.9. The number of carbonyl (C=O) groups is 2. The normalized spacial score (nSPS) is 19.3. The molecular weight excluding hydrogens is 396 g/mol. The highest BCUT2D eigenvalue weighted by Crippen LogP contribution is 2.35. The van der Waals surface area contributed by atoms with Gasteiger partial charge in [0.1, 0.15) is 11.5 Å². The highest BCUT2D eigenvalue weighted by molar-refractivity contribution is 6.13. The van der Waals surface area contributed by atoms with Crippen LogP contribution >= 0.6 is 0 Å². The second-order valence-electron chi connectivity index (χ2n) is 8.34. The summed E-state index contributed by atoms with van der Waals surface area (Å²) in [5.74, 6) is -0.153. The van der Waals surface area contributed by atoms with Gasteiger partial charge in [-0.25, -0.2) is 0 Å². The van der Waals surface area contributed by atoms with E-state index in [0.29, 0.717) is 48.7 Å². The summed E-state index contributed by atoms with van der Waals surface area (Å²) in [6.45, 7) is 6.46. The van der Waals surface area contributed by atoms with E-state index in [0.717, 1.165) is 17.5 Å². The molecule has 0 saturated carbocycles. The van der Waals surface area contributed by atoms with Gasteiger partial charge in [0.25, 0.3) is 0 Å². The van der Waals surface area contributed by atoms with Crippen LogP contribution in [-0.2, 0) is 27.1 Å². The van der Waals surface area contributed by atoms with Crippen LogP contribution in [0.4, 0.5) is 0 Å². The highest BCUT2D eigenvalue weighted by atomic mass is 16.7. The van der Waals surface area contributed by atoms with E-state index in [1.165, 1.54) is 0 Å². The summed E-state index contributed by atoms with van der Waals surface area (Å²) in [7, 11) is 0. The molecule has 1 unspecified atom stereocenters. The van der Waals surface area contributed by atoms with Crippen molar-refractivity contribution in [3.63, 3.8) is 0 Å². The van der Waals surface area contributed by atoms with Crippen LogP contribution < -0.4 is 9.47 Å². The van der Waals surface area contributed by atoms with Gasteiger partial charge >= 0.3 is 5.97 Å². The molecule has 1 aliphatic heterocycles. The SMILES string of the molecule is CCOc1cc(OC(=O)CCC2COC(C)(C)O2)cc2c1C(=O)c1ccccc1CC2. The van der Waals surface area contributed by atoms with Crippen molar-refractivity contribution in [2.45, 2.75) is 58.3 Å². The number of rotatable bonds is 6. The maximum atomic E-state index is 13.2. The number of fused-ring (bicyclic) bond motifs is 2. The molecule has 1 saturated heterocycles. The van der Waals surface area contributed by atoms with Crippen molar-refractivity contribution in [2.24, 2.45) is 0 Å². The maximum Gasteiger partial charge on any atom is 0.311 e. The minimum absolute atomic E-state index is 0.0505. The average molecular weight is 424 g/mol. The standard InChI is InChI=1S/C25H28O6/c1-4-28-21-14-19(30-22(26)12-11-18-15-29-25(2,3)31-18)13-17-10-9-16-7-5-6-8-20(16)24(27)23(17)21/h5-8,13-14,18H,4,9-12,15H2,1-3H3. The van der Waals surface area contributed by atoms with Crippen molar-refractivity contribution in [1.82, 2.24) is 0 Å². The number of benzene rings is 2. The number of hydrogen-bond donors (Lipinski definition) is 0. The summed E-state index contributed by atoms with van der Waals surface area (Å²) < 4.78 is 22.7. The van der Waals surface area contributed by atoms with Crippen LogP contribution in [0.25, 0.3) is 0 Å². The minimum atomic E-state index is -0.609. The largest absolute Gasteiger partial charge is 0.493 e. The van der Waals surface area contributed by atoms with Gasteiger partial charge in [-0.3, -0.25) is 9.59 Å². The zero-order chi connectivity index (χ0) is 22.0. The van der Waals surface area contributed by atoms with Crippen LogP contribution in [0, 0.1) is 0 Å². The van der Waals surface area contributed by atoms with E-state index in [1.54, 1.807) is 12.1 Å². The zero-order valence-corrected chi connectivity index (χ0v) is 18.2. The average Bonchev–Trinajstić information content (AvgIpc) is 3.02. The van der Waals surface area contributed by atoms with Crippen LogP contribution in [0.15, 0.2) is 36.4 Å². The summed E-state index contributed by atoms with van der Waals surface area (Å²) in [5.41, 5.74) is 3.12. The molecule has 4 rings (SSSR count). The van der Waals surface area contributed by atoms with E-state index in [4.69, 9.17) is 18.9 Å². The van der Waals surface area contributed by atoms with Crippen LogP contribution in [0.3, 0.4) is 0 Å². The number of ketones is 1. The van der Waals surface area contributed by atoms with Gasteiger partial charge in [-0.05, 0) is 57.2 Å². The Labute approximate surface area is 182 Å². The molecule has 2 aromatic rings. The van der Waals surface area contributed by atoms with Crippen LogP contribution in [-0.4, -0.2) is 36.9 Å². The number of ether oxygens (including phenoxy) is 4. The molecule has 0 spiro atoms. The first kappa shape index (κ1) is 21.5. The van der Waals surface area contributed by atoms with Gasteiger partial charge < -0.3 is 18.9 Å². The lowest BCUT2D eigenvalue weighted by Gasteiger charge is -2.17. The molecule has 31 heavy (non-hydrogen) atoms. The van der Waals surface area contributed by atoms with E-state index in [2.05, 4.69) is 0 Å². The smallest absolute Gasteiger partial charge is 0.311 e. The second kappa shape index (κ2) is 8.81. The Bertz CT molecular complexity index is 994. The molecule has 1 aliphatic carbocycles. The van der Waals surface area contributed by atoms with Crippen LogP contribution in [0.2, 0.25) is 0 Å². The van der Waals surface area contributed by atoms with E-state index in [-0.39, 0.29) is 24.3 Å². The molecule has 0 N–H and O–H groups in total. The van der Waals surface area contributed by atoms with E-state index in [1.807, 2.05) is 45.0 Å². The topological polar surface area (TPSA) is 71.1 Å². The van der Waals surface area contributed by atoms with Crippen molar-refractivity contribution >= 4 is 11.8 Å². The fourth-order valence-corrected chi connectivity index (χ4v) is 4.16. The lowest BCUT2D eigenvalue weighted by atomic mass is 9.97. The predicted molar refractivity (Wildman–Crippen MR) is 115 cm³/mol. The fraction of sp³-hybridized carbons (Fsp3) is 0.440. The molecule has 1 fully saturated rings. The summed E-state index contributed by atoms with van der Waals surface area (Å²) in [6.07, 6.45) is 2.04. The monoisotopic (exact) mass is 424 g/mol. The van der Waals surface area contributed by atoms with Gasteiger partial charge in [0, 0.05) is 18.1 Å². The minimum Gasteiger partial charge on any atom is -0.493 e. The molecule has 1 atom stereocenters. The first-order valence-corrected chi connectivity index (χ1v) is 10.8. The van der Waals surface area contributed by atoms with Crippen molar-refractivity contribution in [3.8, 4) is 11.5 Å². The summed E-state index contributed by atoms with van der Waals surface area (Å²) in [5, 5.41) is 0. The van der Waals surface area contributed by atoms with Gasteiger partial charge in [0.2, 0.25) is 0 Å². The van der Waals surface area contributed by atoms with E-state index >= 15 is 0 Å². The number of hydrogen-bond acceptors (Lipinski definition) is 6. The Morgan fingerprint density at radius 1 is 1.16 bits per heavy atom.